The molecule has 0 spiro atoms. The molecule has 8 heteroatoms. The Morgan fingerprint density at radius 2 is 1.73 bits per heavy atom. The topological polar surface area (TPSA) is 53.1 Å². The van der Waals surface area contributed by atoms with E-state index in [4.69, 9.17) is 4.74 Å². The number of morpholine rings is 1. The summed E-state index contributed by atoms with van der Waals surface area (Å²) in [5.41, 5.74) is 0.179. The normalized spacial score (nSPS) is 31.1. The molecule has 3 fully saturated rings. The van der Waals surface area contributed by atoms with Gasteiger partial charge in [-0.05, 0) is 47.5 Å². The first-order valence-electron chi connectivity index (χ1n) is 11.7. The number of hydrogen-bond donors (Lipinski definition) is 0. The highest BCUT2D eigenvalue weighted by molar-refractivity contribution is 8.00. The van der Waals surface area contributed by atoms with E-state index in [1.165, 1.54) is 6.42 Å². The van der Waals surface area contributed by atoms with Gasteiger partial charge in [0.05, 0.1) is 24.2 Å². The van der Waals surface area contributed by atoms with Crippen molar-refractivity contribution in [1.82, 2.24) is 14.7 Å². The molecule has 0 aliphatic carbocycles. The largest absolute Gasteiger partial charge is 0.379 e. The SMILES string of the molecule is CC(C)N1CCS(=O)(=O)C(CC(C)N2CCSC(CC(C)(C)N3CCOCC3)C2)C1. The quantitative estimate of drug-likeness (QED) is 0.576. The number of thioether (sulfide) groups is 1. The van der Waals surface area contributed by atoms with Crippen LogP contribution in [0.3, 0.4) is 0 Å². The molecule has 3 aliphatic heterocycles. The van der Waals surface area contributed by atoms with Crippen molar-refractivity contribution in [3.8, 4) is 0 Å². The van der Waals surface area contributed by atoms with Crippen molar-refractivity contribution in [3.05, 3.63) is 0 Å². The van der Waals surface area contributed by atoms with Crippen LogP contribution >= 0.6 is 11.8 Å². The monoisotopic (exact) mass is 461 g/mol. The zero-order valence-electron chi connectivity index (χ0n) is 19.7. The number of sulfone groups is 1. The van der Waals surface area contributed by atoms with Gasteiger partial charge in [0, 0.05) is 67.9 Å². The summed E-state index contributed by atoms with van der Waals surface area (Å²) < 4.78 is 31.0. The molecule has 3 unspecified atom stereocenters. The van der Waals surface area contributed by atoms with Gasteiger partial charge in [-0.1, -0.05) is 0 Å². The predicted octanol–water partition coefficient (Wildman–Crippen LogP) is 2.19. The van der Waals surface area contributed by atoms with Gasteiger partial charge in [-0.15, -0.1) is 0 Å². The molecule has 0 amide bonds. The summed E-state index contributed by atoms with van der Waals surface area (Å²) in [6.07, 6.45) is 1.93. The Hall–Kier alpha value is 0.140. The van der Waals surface area contributed by atoms with Crippen LogP contribution in [0.5, 0.6) is 0 Å². The molecular formula is C22H43N3O3S2. The van der Waals surface area contributed by atoms with Crippen molar-refractivity contribution in [2.24, 2.45) is 0 Å². The van der Waals surface area contributed by atoms with E-state index >= 15 is 0 Å². The van der Waals surface area contributed by atoms with Gasteiger partial charge in [-0.25, -0.2) is 8.42 Å². The lowest BCUT2D eigenvalue weighted by atomic mass is 9.94. The minimum atomic E-state index is -2.97. The Bertz CT molecular complexity index is 650. The lowest BCUT2D eigenvalue weighted by molar-refractivity contribution is -0.0138. The average molecular weight is 462 g/mol. The fourth-order valence-electron chi connectivity index (χ4n) is 5.22. The van der Waals surface area contributed by atoms with E-state index in [0.717, 1.165) is 51.6 Å². The third-order valence-corrected chi connectivity index (χ3v) is 10.6. The highest BCUT2D eigenvalue weighted by Gasteiger charge is 2.37. The van der Waals surface area contributed by atoms with E-state index in [9.17, 15) is 8.42 Å². The molecule has 0 aromatic rings. The third kappa shape index (κ3) is 6.35. The summed E-state index contributed by atoms with van der Waals surface area (Å²) in [5.74, 6) is 1.46. The molecular weight excluding hydrogens is 418 g/mol. The van der Waals surface area contributed by atoms with Crippen molar-refractivity contribution in [3.63, 3.8) is 0 Å². The highest BCUT2D eigenvalue weighted by atomic mass is 32.2. The molecule has 0 radical (unpaired) electrons. The van der Waals surface area contributed by atoms with Crippen molar-refractivity contribution in [2.45, 2.75) is 75.6 Å². The lowest BCUT2D eigenvalue weighted by Crippen LogP contribution is -2.54. The van der Waals surface area contributed by atoms with E-state index < -0.39 is 9.84 Å². The molecule has 0 bridgehead atoms. The van der Waals surface area contributed by atoms with Crippen LogP contribution in [0, 0.1) is 0 Å². The van der Waals surface area contributed by atoms with Gasteiger partial charge in [0.2, 0.25) is 0 Å². The summed E-state index contributed by atoms with van der Waals surface area (Å²) in [4.78, 5) is 7.47. The van der Waals surface area contributed by atoms with E-state index in [0.29, 0.717) is 36.2 Å². The Morgan fingerprint density at radius 1 is 1.03 bits per heavy atom. The summed E-state index contributed by atoms with van der Waals surface area (Å²) in [6, 6.07) is 0.725. The fourth-order valence-corrected chi connectivity index (χ4v) is 8.53. The van der Waals surface area contributed by atoms with Crippen molar-refractivity contribution >= 4 is 21.6 Å². The average Bonchev–Trinajstić information content (AvgIpc) is 2.69. The molecule has 0 saturated carbocycles. The minimum absolute atomic E-state index is 0.179. The molecule has 0 aromatic heterocycles. The molecule has 0 N–H and O–H groups in total. The first-order chi connectivity index (χ1) is 14.1. The molecule has 176 valence electrons. The van der Waals surface area contributed by atoms with Gasteiger partial charge in [-0.3, -0.25) is 14.7 Å². The zero-order valence-corrected chi connectivity index (χ0v) is 21.3. The van der Waals surface area contributed by atoms with E-state index in [1.54, 1.807) is 0 Å². The summed E-state index contributed by atoms with van der Waals surface area (Å²) in [6.45, 7) is 18.6. The van der Waals surface area contributed by atoms with Crippen LogP contribution in [-0.4, -0.2) is 115 Å². The van der Waals surface area contributed by atoms with Gasteiger partial charge >= 0.3 is 0 Å². The maximum absolute atomic E-state index is 12.7. The maximum atomic E-state index is 12.7. The number of rotatable bonds is 7. The standard InChI is InChI=1S/C22H43N3O3S2/c1-18(2)23-9-13-30(26,27)21(17-23)14-19(3)24-8-12-29-20(16-24)15-22(4,5)25-6-10-28-11-7-25/h18-21H,6-17H2,1-5H3. The molecule has 3 heterocycles. The number of hydrogen-bond acceptors (Lipinski definition) is 7. The molecule has 30 heavy (non-hydrogen) atoms. The summed E-state index contributed by atoms with van der Waals surface area (Å²) in [7, 11) is -2.97. The second kappa shape index (κ2) is 10.4. The minimum Gasteiger partial charge on any atom is -0.379 e. The predicted molar refractivity (Wildman–Crippen MR) is 127 cm³/mol. The molecule has 3 rings (SSSR count). The second-order valence-electron chi connectivity index (χ2n) is 10.3. The third-order valence-electron chi connectivity index (χ3n) is 7.33. The van der Waals surface area contributed by atoms with Crippen LogP contribution in [0.15, 0.2) is 0 Å². The summed E-state index contributed by atoms with van der Waals surface area (Å²) in [5, 5.41) is 0.385. The van der Waals surface area contributed by atoms with E-state index in [1.807, 2.05) is 0 Å². The Labute approximate surface area is 189 Å². The zero-order chi connectivity index (χ0) is 21.9. The van der Waals surface area contributed by atoms with Crippen LogP contribution in [0.4, 0.5) is 0 Å². The molecule has 3 saturated heterocycles. The number of nitrogens with zero attached hydrogens (tertiary/aromatic N) is 3. The highest BCUT2D eigenvalue weighted by Crippen LogP contribution is 2.32. The maximum Gasteiger partial charge on any atom is 0.155 e. The summed E-state index contributed by atoms with van der Waals surface area (Å²) >= 11 is 2.10. The van der Waals surface area contributed by atoms with Gasteiger partial charge in [-0.2, -0.15) is 11.8 Å². The Morgan fingerprint density at radius 3 is 2.40 bits per heavy atom. The van der Waals surface area contributed by atoms with Gasteiger partial charge < -0.3 is 4.74 Å². The van der Waals surface area contributed by atoms with Crippen molar-refractivity contribution in [2.75, 3.05) is 64.0 Å². The van der Waals surface area contributed by atoms with Crippen LogP contribution in [0.2, 0.25) is 0 Å². The van der Waals surface area contributed by atoms with Crippen molar-refractivity contribution < 1.29 is 13.2 Å². The second-order valence-corrected chi connectivity index (χ2v) is 14.1. The van der Waals surface area contributed by atoms with Crippen LogP contribution < -0.4 is 0 Å². The Balaban J connectivity index is 1.56. The van der Waals surface area contributed by atoms with Crippen LogP contribution in [0.25, 0.3) is 0 Å². The van der Waals surface area contributed by atoms with E-state index in [2.05, 4.69) is 61.1 Å². The van der Waals surface area contributed by atoms with Crippen LogP contribution in [0.1, 0.15) is 47.5 Å². The lowest BCUT2D eigenvalue weighted by Gasteiger charge is -2.45. The van der Waals surface area contributed by atoms with E-state index in [-0.39, 0.29) is 10.8 Å². The molecule has 3 aliphatic rings. The van der Waals surface area contributed by atoms with Gasteiger partial charge in [0.15, 0.2) is 9.84 Å². The fraction of sp³-hybridized carbons (Fsp3) is 1.00. The molecule has 3 atom stereocenters. The first-order valence-corrected chi connectivity index (χ1v) is 14.5. The molecule has 0 aromatic carbocycles. The first kappa shape index (κ1) is 24.8. The van der Waals surface area contributed by atoms with Crippen LogP contribution in [-0.2, 0) is 14.6 Å². The van der Waals surface area contributed by atoms with Gasteiger partial charge in [0.1, 0.15) is 0 Å². The Kier molecular flexibility index (Phi) is 8.58. The number of ether oxygens (including phenoxy) is 1. The smallest absolute Gasteiger partial charge is 0.155 e. The van der Waals surface area contributed by atoms with Crippen molar-refractivity contribution in [1.29, 1.82) is 0 Å². The van der Waals surface area contributed by atoms with Gasteiger partial charge in [0.25, 0.3) is 0 Å². The molecule has 6 nitrogen and oxygen atoms in total.